The number of nitrogens with one attached hydrogen (secondary N) is 2. The molecule has 3 aromatic carbocycles. The van der Waals surface area contributed by atoms with Crippen LogP contribution in [0.3, 0.4) is 0 Å². The maximum Gasteiger partial charge on any atom is 0.261 e. The number of carbonyl (C=O) groups excluding carboxylic acids is 1. The van der Waals surface area contributed by atoms with Crippen molar-refractivity contribution < 1.29 is 27.8 Å². The number of anilines is 1. The average molecular weight is 475 g/mol. The molecule has 0 spiro atoms. The van der Waals surface area contributed by atoms with Gasteiger partial charge in [0, 0.05) is 6.54 Å². The van der Waals surface area contributed by atoms with Crippen LogP contribution >= 0.6 is 11.6 Å². The standard InChI is InChI=1S/C22H19ClN2O6S/c23-17-3-1-2-4-18(17)25-32(28,29)15-6-7-19(26)16(12-15)22(27)24-13-14-5-8-20-21(11-14)31-10-9-30-20/h1-8,11-12,25-26H,9-10,13H2,(H,24,27). The highest BCUT2D eigenvalue weighted by atomic mass is 35.5. The lowest BCUT2D eigenvalue weighted by molar-refractivity contribution is 0.0948. The number of amides is 1. The number of rotatable bonds is 6. The van der Waals surface area contributed by atoms with Gasteiger partial charge in [-0.15, -0.1) is 0 Å². The first-order valence-corrected chi connectivity index (χ1v) is 11.5. The fourth-order valence-corrected chi connectivity index (χ4v) is 4.43. The maximum absolute atomic E-state index is 12.7. The van der Waals surface area contributed by atoms with Crippen molar-refractivity contribution in [2.24, 2.45) is 0 Å². The lowest BCUT2D eigenvalue weighted by Crippen LogP contribution is -2.24. The third-order valence-corrected chi connectivity index (χ3v) is 6.39. The van der Waals surface area contributed by atoms with E-state index in [-0.39, 0.29) is 33.5 Å². The number of para-hydroxylation sites is 1. The van der Waals surface area contributed by atoms with Crippen molar-refractivity contribution in [1.82, 2.24) is 5.32 Å². The van der Waals surface area contributed by atoms with E-state index in [9.17, 15) is 18.3 Å². The van der Waals surface area contributed by atoms with Crippen LogP contribution in [0.2, 0.25) is 5.02 Å². The zero-order chi connectivity index (χ0) is 22.7. The summed E-state index contributed by atoms with van der Waals surface area (Å²) in [6.45, 7) is 1.07. The molecule has 0 saturated heterocycles. The summed E-state index contributed by atoms with van der Waals surface area (Å²) in [7, 11) is -4.04. The summed E-state index contributed by atoms with van der Waals surface area (Å²) < 4.78 is 38.9. The predicted octanol–water partition coefficient (Wildman–Crippen LogP) is 3.55. The van der Waals surface area contributed by atoms with Gasteiger partial charge in [-0.2, -0.15) is 0 Å². The van der Waals surface area contributed by atoms with Crippen molar-refractivity contribution in [1.29, 1.82) is 0 Å². The van der Waals surface area contributed by atoms with Crippen LogP contribution < -0.4 is 19.5 Å². The molecule has 4 rings (SSSR count). The Bertz CT molecular complexity index is 1280. The number of hydrogen-bond acceptors (Lipinski definition) is 6. The molecular weight excluding hydrogens is 456 g/mol. The van der Waals surface area contributed by atoms with Gasteiger partial charge in [-0.1, -0.05) is 29.8 Å². The maximum atomic E-state index is 12.7. The van der Waals surface area contributed by atoms with Crippen molar-refractivity contribution >= 4 is 33.2 Å². The van der Waals surface area contributed by atoms with Crippen LogP contribution in [0.15, 0.2) is 65.6 Å². The summed E-state index contributed by atoms with van der Waals surface area (Å²) in [5, 5.41) is 13.0. The SMILES string of the molecule is O=C(NCc1ccc2c(c1)OCCO2)c1cc(S(=O)(=O)Nc2ccccc2Cl)ccc1O. The molecule has 10 heteroatoms. The third-order valence-electron chi connectivity index (χ3n) is 4.70. The van der Waals surface area contributed by atoms with E-state index in [0.717, 1.165) is 17.7 Å². The van der Waals surface area contributed by atoms with Crippen LogP contribution in [-0.4, -0.2) is 32.6 Å². The van der Waals surface area contributed by atoms with Gasteiger partial charge in [0.05, 0.1) is 21.2 Å². The Morgan fingerprint density at radius 3 is 2.53 bits per heavy atom. The number of fused-ring (bicyclic) bond motifs is 1. The minimum absolute atomic E-state index is 0.143. The highest BCUT2D eigenvalue weighted by Crippen LogP contribution is 2.31. The predicted molar refractivity (Wildman–Crippen MR) is 119 cm³/mol. The quantitative estimate of drug-likeness (QED) is 0.503. The highest BCUT2D eigenvalue weighted by Gasteiger charge is 2.20. The van der Waals surface area contributed by atoms with Gasteiger partial charge in [-0.3, -0.25) is 9.52 Å². The zero-order valence-corrected chi connectivity index (χ0v) is 18.2. The fourth-order valence-electron chi connectivity index (χ4n) is 3.09. The number of carbonyl (C=O) groups is 1. The molecule has 1 amide bonds. The monoisotopic (exact) mass is 474 g/mol. The van der Waals surface area contributed by atoms with E-state index in [2.05, 4.69) is 10.0 Å². The van der Waals surface area contributed by atoms with E-state index in [0.29, 0.717) is 24.7 Å². The third kappa shape index (κ3) is 4.74. The van der Waals surface area contributed by atoms with Gasteiger partial charge >= 0.3 is 0 Å². The molecule has 166 valence electrons. The summed E-state index contributed by atoms with van der Waals surface area (Å²) in [4.78, 5) is 12.5. The number of sulfonamides is 1. The average Bonchev–Trinajstić information content (AvgIpc) is 2.79. The number of benzene rings is 3. The molecule has 0 atom stereocenters. The molecule has 0 aromatic heterocycles. The fraction of sp³-hybridized carbons (Fsp3) is 0.136. The molecule has 0 radical (unpaired) electrons. The van der Waals surface area contributed by atoms with E-state index in [1.54, 1.807) is 36.4 Å². The molecule has 1 heterocycles. The molecule has 3 N–H and O–H groups in total. The van der Waals surface area contributed by atoms with Crippen molar-refractivity contribution in [2.75, 3.05) is 17.9 Å². The molecule has 0 fully saturated rings. The van der Waals surface area contributed by atoms with Gasteiger partial charge < -0.3 is 19.9 Å². The molecule has 0 bridgehead atoms. The molecule has 1 aliphatic heterocycles. The lowest BCUT2D eigenvalue weighted by atomic mass is 10.1. The van der Waals surface area contributed by atoms with Crippen LogP contribution in [0.25, 0.3) is 0 Å². The summed E-state index contributed by atoms with van der Waals surface area (Å²) in [5.74, 6) is 0.242. The molecule has 0 aliphatic carbocycles. The van der Waals surface area contributed by atoms with Gasteiger partial charge in [0.25, 0.3) is 15.9 Å². The Morgan fingerprint density at radius 2 is 1.75 bits per heavy atom. The molecule has 1 aliphatic rings. The molecule has 32 heavy (non-hydrogen) atoms. The van der Waals surface area contributed by atoms with Crippen LogP contribution in [0.1, 0.15) is 15.9 Å². The van der Waals surface area contributed by atoms with Crippen LogP contribution in [0, 0.1) is 0 Å². The van der Waals surface area contributed by atoms with E-state index >= 15 is 0 Å². The normalized spacial score (nSPS) is 12.8. The lowest BCUT2D eigenvalue weighted by Gasteiger charge is -2.19. The number of ether oxygens (including phenoxy) is 2. The van der Waals surface area contributed by atoms with E-state index in [1.807, 2.05) is 0 Å². The molecule has 0 saturated carbocycles. The van der Waals surface area contributed by atoms with Crippen molar-refractivity contribution in [3.63, 3.8) is 0 Å². The number of phenols is 1. The van der Waals surface area contributed by atoms with Gasteiger partial charge in [0.1, 0.15) is 19.0 Å². The van der Waals surface area contributed by atoms with Crippen molar-refractivity contribution in [3.8, 4) is 17.2 Å². The summed E-state index contributed by atoms with van der Waals surface area (Å²) >= 11 is 6.02. The number of halogens is 1. The highest BCUT2D eigenvalue weighted by molar-refractivity contribution is 7.92. The largest absolute Gasteiger partial charge is 0.507 e. The summed E-state index contributed by atoms with van der Waals surface area (Å²) in [6.07, 6.45) is 0. The summed E-state index contributed by atoms with van der Waals surface area (Å²) in [6, 6.07) is 15.1. The van der Waals surface area contributed by atoms with Gasteiger partial charge in [0.2, 0.25) is 0 Å². The first-order valence-electron chi connectivity index (χ1n) is 9.60. The number of aromatic hydroxyl groups is 1. The van der Waals surface area contributed by atoms with Crippen LogP contribution in [0.5, 0.6) is 17.2 Å². The van der Waals surface area contributed by atoms with Crippen LogP contribution in [0.4, 0.5) is 5.69 Å². The van der Waals surface area contributed by atoms with E-state index < -0.39 is 15.9 Å². The molecular formula is C22H19ClN2O6S. The van der Waals surface area contributed by atoms with Gasteiger partial charge in [-0.25, -0.2) is 8.42 Å². The number of phenolic OH excluding ortho intramolecular Hbond substituents is 1. The first-order chi connectivity index (χ1) is 15.3. The van der Waals surface area contributed by atoms with Gasteiger partial charge in [-0.05, 0) is 48.0 Å². The topological polar surface area (TPSA) is 114 Å². The smallest absolute Gasteiger partial charge is 0.261 e. The Kier molecular flexibility index (Phi) is 6.11. The van der Waals surface area contributed by atoms with E-state index in [1.165, 1.54) is 12.1 Å². The van der Waals surface area contributed by atoms with Gasteiger partial charge in [0.15, 0.2) is 11.5 Å². The number of hydrogen-bond donors (Lipinski definition) is 3. The van der Waals surface area contributed by atoms with Crippen molar-refractivity contribution in [3.05, 3.63) is 76.8 Å². The second kappa shape index (κ2) is 8.97. The minimum Gasteiger partial charge on any atom is -0.507 e. The molecule has 8 nitrogen and oxygen atoms in total. The van der Waals surface area contributed by atoms with E-state index in [4.69, 9.17) is 21.1 Å². The molecule has 0 unspecified atom stereocenters. The Morgan fingerprint density at radius 1 is 1.00 bits per heavy atom. The van der Waals surface area contributed by atoms with Crippen molar-refractivity contribution in [2.45, 2.75) is 11.4 Å². The molecule has 3 aromatic rings. The van der Waals surface area contributed by atoms with Crippen LogP contribution in [-0.2, 0) is 16.6 Å². The second-order valence-corrected chi connectivity index (χ2v) is 9.01. The Hall–Kier alpha value is -3.43. The first kappa shape index (κ1) is 21.8. The Balaban J connectivity index is 1.50. The summed E-state index contributed by atoms with van der Waals surface area (Å²) in [5.41, 5.74) is 0.780. The second-order valence-electron chi connectivity index (χ2n) is 6.92. The Labute approximate surface area is 189 Å². The zero-order valence-electron chi connectivity index (χ0n) is 16.7. The minimum atomic E-state index is -4.04.